The first-order chi connectivity index (χ1) is 12.1. The van der Waals surface area contributed by atoms with Gasteiger partial charge in [0.15, 0.2) is 11.5 Å². The van der Waals surface area contributed by atoms with Crippen molar-refractivity contribution in [2.45, 2.75) is 32.6 Å². The highest BCUT2D eigenvalue weighted by Crippen LogP contribution is 2.32. The van der Waals surface area contributed by atoms with Crippen molar-refractivity contribution in [1.82, 2.24) is 0 Å². The van der Waals surface area contributed by atoms with Gasteiger partial charge in [-0.25, -0.2) is 4.79 Å². The molecule has 0 aliphatic heterocycles. The Morgan fingerprint density at radius 3 is 2.36 bits per heavy atom. The first-order valence-electron chi connectivity index (χ1n) is 8.49. The molecule has 2 rings (SSSR count). The second-order valence-electron chi connectivity index (χ2n) is 5.87. The number of rotatable bonds is 9. The Hall–Kier alpha value is -2.82. The van der Waals surface area contributed by atoms with Gasteiger partial charge in [0.2, 0.25) is 0 Å². The number of nitrogens with one attached hydrogen (secondary N) is 1. The maximum atomic E-state index is 12.7. The fourth-order valence-electron chi connectivity index (χ4n) is 2.65. The second kappa shape index (κ2) is 8.87. The number of carbonyl (C=O) groups excluding carboxylic acids is 1. The Morgan fingerprint density at radius 1 is 1.00 bits per heavy atom. The summed E-state index contributed by atoms with van der Waals surface area (Å²) in [5, 5.41) is 23.0. The zero-order valence-corrected chi connectivity index (χ0v) is 14.3. The highest BCUT2D eigenvalue weighted by molar-refractivity contribution is 6.16. The molecule has 132 valence electrons. The van der Waals surface area contributed by atoms with E-state index in [-0.39, 0.29) is 16.9 Å². The minimum atomic E-state index is -1.25. The van der Waals surface area contributed by atoms with Crippen LogP contribution in [0.2, 0.25) is 0 Å². The van der Waals surface area contributed by atoms with E-state index in [1.165, 1.54) is 12.1 Å². The highest BCUT2D eigenvalue weighted by atomic mass is 16.4. The number of aromatic carboxylic acids is 1. The molecule has 3 N–H and O–H groups in total. The molecular formula is C20H23NO4. The fraction of sp³-hybridized carbons (Fsp3) is 0.300. The summed E-state index contributed by atoms with van der Waals surface area (Å²) in [6, 6.07) is 11.2. The van der Waals surface area contributed by atoms with Crippen molar-refractivity contribution >= 4 is 17.4 Å². The van der Waals surface area contributed by atoms with Gasteiger partial charge in [-0.3, -0.25) is 4.79 Å². The van der Waals surface area contributed by atoms with Crippen LogP contribution in [-0.2, 0) is 0 Å². The molecule has 0 fully saturated rings. The third-order valence-electron chi connectivity index (χ3n) is 4.02. The van der Waals surface area contributed by atoms with Gasteiger partial charge in [0.1, 0.15) is 0 Å². The number of hydrogen-bond acceptors (Lipinski definition) is 4. The Labute approximate surface area is 147 Å². The molecule has 0 radical (unpaired) electrons. The van der Waals surface area contributed by atoms with Crippen molar-refractivity contribution in [3.8, 4) is 5.75 Å². The maximum absolute atomic E-state index is 12.7. The second-order valence-corrected chi connectivity index (χ2v) is 5.87. The number of hydrogen-bond donors (Lipinski definition) is 3. The number of phenolic OH excluding ortho intramolecular Hbond substituents is 1. The zero-order valence-electron chi connectivity index (χ0n) is 14.3. The highest BCUT2D eigenvalue weighted by Gasteiger charge is 2.24. The SMILES string of the molecule is CCCCCCNc1ccc(C(=O)O)c(C(=O)c2ccccc2)c1O. The molecule has 5 heteroatoms. The number of benzene rings is 2. The van der Waals surface area contributed by atoms with E-state index < -0.39 is 11.8 Å². The van der Waals surface area contributed by atoms with Gasteiger partial charge < -0.3 is 15.5 Å². The first-order valence-corrected chi connectivity index (χ1v) is 8.49. The average molecular weight is 341 g/mol. The lowest BCUT2D eigenvalue weighted by Gasteiger charge is -2.14. The van der Waals surface area contributed by atoms with Crippen LogP contribution in [0.5, 0.6) is 5.75 Å². The topological polar surface area (TPSA) is 86.6 Å². The van der Waals surface area contributed by atoms with Gasteiger partial charge in [0.25, 0.3) is 0 Å². The molecule has 25 heavy (non-hydrogen) atoms. The number of carbonyl (C=O) groups is 2. The Balaban J connectivity index is 2.30. The van der Waals surface area contributed by atoms with Crippen LogP contribution in [-0.4, -0.2) is 28.5 Å². The van der Waals surface area contributed by atoms with Crippen molar-refractivity contribution in [2.24, 2.45) is 0 Å². The number of phenols is 1. The fourth-order valence-corrected chi connectivity index (χ4v) is 2.65. The van der Waals surface area contributed by atoms with E-state index in [4.69, 9.17) is 0 Å². The third kappa shape index (κ3) is 4.59. The monoisotopic (exact) mass is 341 g/mol. The number of carboxylic acid groups (broad SMARTS) is 1. The summed E-state index contributed by atoms with van der Waals surface area (Å²) in [4.78, 5) is 24.2. The quantitative estimate of drug-likeness (QED) is 0.359. The predicted octanol–water partition coefficient (Wildman–Crippen LogP) is 4.31. The standard InChI is InChI=1S/C20H23NO4/c1-2-3-4-8-13-21-16-12-11-15(20(24)25)17(19(16)23)18(22)14-9-6-5-7-10-14/h5-7,9-12,21,23H,2-4,8,13H2,1H3,(H,24,25). The minimum Gasteiger partial charge on any atom is -0.505 e. The molecule has 0 aliphatic rings. The van der Waals surface area contributed by atoms with E-state index in [9.17, 15) is 19.8 Å². The zero-order chi connectivity index (χ0) is 18.2. The molecule has 0 aromatic heterocycles. The molecule has 0 spiro atoms. The lowest BCUT2D eigenvalue weighted by atomic mass is 9.96. The molecule has 0 saturated heterocycles. The van der Waals surface area contributed by atoms with Gasteiger partial charge in [0, 0.05) is 12.1 Å². The number of aromatic hydroxyl groups is 1. The van der Waals surface area contributed by atoms with Crippen LogP contribution < -0.4 is 5.32 Å². The van der Waals surface area contributed by atoms with Crippen molar-refractivity contribution in [1.29, 1.82) is 0 Å². The Kier molecular flexibility index (Phi) is 6.57. The van der Waals surface area contributed by atoms with E-state index in [0.717, 1.165) is 25.7 Å². The predicted molar refractivity (Wildman–Crippen MR) is 97.6 cm³/mol. The first kappa shape index (κ1) is 18.5. The molecule has 0 saturated carbocycles. The van der Waals surface area contributed by atoms with Crippen molar-refractivity contribution in [2.75, 3.05) is 11.9 Å². The van der Waals surface area contributed by atoms with Gasteiger partial charge in [-0.1, -0.05) is 56.5 Å². The summed E-state index contributed by atoms with van der Waals surface area (Å²) in [5.74, 6) is -2.07. The lowest BCUT2D eigenvalue weighted by Crippen LogP contribution is -2.12. The van der Waals surface area contributed by atoms with Gasteiger partial charge in [-0.2, -0.15) is 0 Å². The largest absolute Gasteiger partial charge is 0.505 e. The van der Waals surface area contributed by atoms with Gasteiger partial charge in [-0.15, -0.1) is 0 Å². The molecule has 5 nitrogen and oxygen atoms in total. The van der Waals surface area contributed by atoms with Crippen molar-refractivity contribution in [3.05, 3.63) is 59.2 Å². The van der Waals surface area contributed by atoms with E-state index >= 15 is 0 Å². The Morgan fingerprint density at radius 2 is 1.72 bits per heavy atom. The number of unbranched alkanes of at least 4 members (excludes halogenated alkanes) is 3. The smallest absolute Gasteiger partial charge is 0.336 e. The molecule has 0 heterocycles. The molecule has 2 aromatic rings. The molecule has 0 atom stereocenters. The summed E-state index contributed by atoms with van der Waals surface area (Å²) >= 11 is 0. The summed E-state index contributed by atoms with van der Waals surface area (Å²) in [6.45, 7) is 2.78. The third-order valence-corrected chi connectivity index (χ3v) is 4.02. The average Bonchev–Trinajstić information content (AvgIpc) is 2.62. The van der Waals surface area contributed by atoms with Crippen LogP contribution in [0.25, 0.3) is 0 Å². The number of anilines is 1. The van der Waals surface area contributed by atoms with Crippen LogP contribution >= 0.6 is 0 Å². The maximum Gasteiger partial charge on any atom is 0.336 e. The normalized spacial score (nSPS) is 10.4. The van der Waals surface area contributed by atoms with Crippen LogP contribution in [0.1, 0.15) is 58.9 Å². The van der Waals surface area contributed by atoms with Crippen LogP contribution in [0.15, 0.2) is 42.5 Å². The summed E-state index contributed by atoms with van der Waals surface area (Å²) in [5.41, 5.74) is 0.321. The Bertz CT molecular complexity index is 741. The molecule has 2 aromatic carbocycles. The van der Waals surface area contributed by atoms with Crippen molar-refractivity contribution < 1.29 is 19.8 Å². The van der Waals surface area contributed by atoms with Crippen LogP contribution in [0.4, 0.5) is 5.69 Å². The number of carboxylic acids is 1. The van der Waals surface area contributed by atoms with Gasteiger partial charge in [-0.05, 0) is 18.6 Å². The van der Waals surface area contributed by atoms with E-state index in [0.29, 0.717) is 17.8 Å². The molecule has 0 unspecified atom stereocenters. The van der Waals surface area contributed by atoms with Crippen LogP contribution in [0, 0.1) is 0 Å². The lowest BCUT2D eigenvalue weighted by molar-refractivity contribution is 0.0692. The van der Waals surface area contributed by atoms with Crippen LogP contribution in [0.3, 0.4) is 0 Å². The summed E-state index contributed by atoms with van der Waals surface area (Å²) < 4.78 is 0. The van der Waals surface area contributed by atoms with Gasteiger partial charge >= 0.3 is 5.97 Å². The summed E-state index contributed by atoms with van der Waals surface area (Å²) in [7, 11) is 0. The van der Waals surface area contributed by atoms with Crippen molar-refractivity contribution in [3.63, 3.8) is 0 Å². The van der Waals surface area contributed by atoms with E-state index in [1.54, 1.807) is 30.3 Å². The molecular weight excluding hydrogens is 318 g/mol. The van der Waals surface area contributed by atoms with E-state index in [2.05, 4.69) is 12.2 Å². The minimum absolute atomic E-state index is 0.183. The van der Waals surface area contributed by atoms with Gasteiger partial charge in [0.05, 0.1) is 16.8 Å². The molecule has 0 amide bonds. The summed E-state index contributed by atoms with van der Waals surface area (Å²) in [6.07, 6.45) is 4.29. The van der Waals surface area contributed by atoms with E-state index in [1.807, 2.05) is 0 Å². The number of ketones is 1. The molecule has 0 bridgehead atoms. The molecule has 0 aliphatic carbocycles.